The molecule has 0 aromatic carbocycles. The molecular formula is C10H21N3O. The Morgan fingerprint density at radius 3 is 3.07 bits per heavy atom. The van der Waals surface area contributed by atoms with Crippen molar-refractivity contribution < 1.29 is 5.21 Å². The third-order valence-corrected chi connectivity index (χ3v) is 2.73. The van der Waals surface area contributed by atoms with Crippen LogP contribution < -0.4 is 11.1 Å². The summed E-state index contributed by atoms with van der Waals surface area (Å²) in [4.78, 5) is 0. The fraction of sp³-hybridized carbons (Fsp3) is 0.900. The molecule has 0 aliphatic heterocycles. The zero-order valence-corrected chi connectivity index (χ0v) is 8.87. The minimum absolute atomic E-state index is 0.327. The van der Waals surface area contributed by atoms with Crippen LogP contribution in [0.4, 0.5) is 0 Å². The number of amidine groups is 1. The quantitative estimate of drug-likeness (QED) is 0.190. The van der Waals surface area contributed by atoms with Crippen molar-refractivity contribution in [3.63, 3.8) is 0 Å². The van der Waals surface area contributed by atoms with Gasteiger partial charge in [-0.2, -0.15) is 0 Å². The minimum Gasteiger partial charge on any atom is -0.409 e. The summed E-state index contributed by atoms with van der Waals surface area (Å²) in [6.07, 6.45) is 5.59. The van der Waals surface area contributed by atoms with Crippen LogP contribution in [0.5, 0.6) is 0 Å². The van der Waals surface area contributed by atoms with Gasteiger partial charge < -0.3 is 16.3 Å². The van der Waals surface area contributed by atoms with E-state index < -0.39 is 0 Å². The van der Waals surface area contributed by atoms with Gasteiger partial charge in [0.1, 0.15) is 5.84 Å². The molecule has 0 aromatic rings. The average Bonchev–Trinajstić information content (AvgIpc) is 2.92. The molecule has 4 N–H and O–H groups in total. The molecule has 4 heteroatoms. The van der Waals surface area contributed by atoms with E-state index in [2.05, 4.69) is 17.4 Å². The smallest absolute Gasteiger partial charge is 0.139 e. The highest BCUT2D eigenvalue weighted by atomic mass is 16.4. The summed E-state index contributed by atoms with van der Waals surface area (Å²) in [6, 6.07) is 0.738. The summed E-state index contributed by atoms with van der Waals surface area (Å²) in [5, 5.41) is 14.7. The largest absolute Gasteiger partial charge is 0.409 e. The minimum atomic E-state index is 0.327. The topological polar surface area (TPSA) is 70.6 Å². The van der Waals surface area contributed by atoms with E-state index in [1.165, 1.54) is 19.3 Å². The lowest BCUT2D eigenvalue weighted by atomic mass is 10.2. The number of hydrogen-bond acceptors (Lipinski definition) is 3. The summed E-state index contributed by atoms with van der Waals surface area (Å²) in [6.45, 7) is 3.20. The zero-order chi connectivity index (χ0) is 10.4. The Kier molecular flexibility index (Phi) is 4.73. The second kappa shape index (κ2) is 5.86. The van der Waals surface area contributed by atoms with Crippen molar-refractivity contribution >= 4 is 5.84 Å². The molecule has 4 nitrogen and oxygen atoms in total. The van der Waals surface area contributed by atoms with E-state index >= 15 is 0 Å². The molecule has 0 saturated heterocycles. The SMILES string of the molecule is CCCC1CC1NCCCC(N)=NO. The van der Waals surface area contributed by atoms with Gasteiger partial charge in [-0.05, 0) is 31.7 Å². The van der Waals surface area contributed by atoms with Gasteiger partial charge in [0, 0.05) is 12.5 Å². The third kappa shape index (κ3) is 3.96. The lowest BCUT2D eigenvalue weighted by Gasteiger charge is -2.02. The second-order valence-corrected chi connectivity index (χ2v) is 4.04. The number of nitrogens with zero attached hydrogens (tertiary/aromatic N) is 1. The number of hydrogen-bond donors (Lipinski definition) is 3. The van der Waals surface area contributed by atoms with Crippen LogP contribution in [-0.4, -0.2) is 23.6 Å². The maximum absolute atomic E-state index is 8.31. The molecule has 1 aliphatic rings. The molecule has 0 radical (unpaired) electrons. The molecule has 82 valence electrons. The van der Waals surface area contributed by atoms with Crippen LogP contribution in [0.2, 0.25) is 0 Å². The second-order valence-electron chi connectivity index (χ2n) is 4.04. The van der Waals surface area contributed by atoms with E-state index in [4.69, 9.17) is 10.9 Å². The lowest BCUT2D eigenvalue weighted by molar-refractivity contribution is 0.316. The number of nitrogens with one attached hydrogen (secondary N) is 1. The van der Waals surface area contributed by atoms with Gasteiger partial charge in [-0.1, -0.05) is 18.5 Å². The number of rotatable bonds is 7. The van der Waals surface area contributed by atoms with Crippen LogP contribution in [0.3, 0.4) is 0 Å². The van der Waals surface area contributed by atoms with Gasteiger partial charge in [0.2, 0.25) is 0 Å². The van der Waals surface area contributed by atoms with E-state index in [9.17, 15) is 0 Å². The van der Waals surface area contributed by atoms with Crippen LogP contribution in [-0.2, 0) is 0 Å². The van der Waals surface area contributed by atoms with Crippen LogP contribution in [0.25, 0.3) is 0 Å². The number of oxime groups is 1. The van der Waals surface area contributed by atoms with Gasteiger partial charge in [0.25, 0.3) is 0 Å². The molecule has 0 heterocycles. The van der Waals surface area contributed by atoms with Crippen molar-refractivity contribution in [3.05, 3.63) is 0 Å². The fourth-order valence-electron chi connectivity index (χ4n) is 1.79. The molecule has 0 bridgehead atoms. The van der Waals surface area contributed by atoms with E-state index in [-0.39, 0.29) is 0 Å². The monoisotopic (exact) mass is 199 g/mol. The first-order chi connectivity index (χ1) is 6.77. The Hall–Kier alpha value is -0.770. The van der Waals surface area contributed by atoms with Crippen LogP contribution >= 0.6 is 0 Å². The molecule has 1 rings (SSSR count). The standard InChI is InChI=1S/C10H21N3O/c1-2-4-8-7-9(8)12-6-3-5-10(11)13-14/h8-9,12,14H,2-7H2,1H3,(H2,11,13). The van der Waals surface area contributed by atoms with Crippen LogP contribution in [0.15, 0.2) is 5.16 Å². The average molecular weight is 199 g/mol. The zero-order valence-electron chi connectivity index (χ0n) is 8.87. The van der Waals surface area contributed by atoms with Gasteiger partial charge in [0.15, 0.2) is 0 Å². The summed E-state index contributed by atoms with van der Waals surface area (Å²) in [7, 11) is 0. The van der Waals surface area contributed by atoms with Crippen molar-refractivity contribution in [2.45, 2.75) is 45.1 Å². The maximum Gasteiger partial charge on any atom is 0.139 e. The Labute approximate surface area is 85.6 Å². The van der Waals surface area contributed by atoms with Crippen molar-refractivity contribution in [1.29, 1.82) is 0 Å². The van der Waals surface area contributed by atoms with Gasteiger partial charge in [0.05, 0.1) is 0 Å². The Balaban J connectivity index is 1.91. The first kappa shape index (κ1) is 11.3. The molecule has 1 aliphatic carbocycles. The molecule has 0 aromatic heterocycles. The predicted molar refractivity (Wildman–Crippen MR) is 57.4 cm³/mol. The van der Waals surface area contributed by atoms with Gasteiger partial charge in [-0.15, -0.1) is 0 Å². The highest BCUT2D eigenvalue weighted by Crippen LogP contribution is 2.34. The highest BCUT2D eigenvalue weighted by molar-refractivity contribution is 5.79. The Bertz CT molecular complexity index is 194. The van der Waals surface area contributed by atoms with Crippen molar-refractivity contribution in [1.82, 2.24) is 5.32 Å². The fourth-order valence-corrected chi connectivity index (χ4v) is 1.79. The summed E-state index contributed by atoms with van der Waals surface area (Å²) in [5.41, 5.74) is 5.35. The van der Waals surface area contributed by atoms with Crippen LogP contribution in [0.1, 0.15) is 39.0 Å². The number of nitrogens with two attached hydrogens (primary N) is 1. The van der Waals surface area contributed by atoms with Gasteiger partial charge in [-0.25, -0.2) is 0 Å². The summed E-state index contributed by atoms with van der Waals surface area (Å²) >= 11 is 0. The molecule has 0 spiro atoms. The summed E-state index contributed by atoms with van der Waals surface area (Å²) in [5.74, 6) is 1.23. The van der Waals surface area contributed by atoms with Crippen molar-refractivity contribution in [3.8, 4) is 0 Å². The van der Waals surface area contributed by atoms with Gasteiger partial charge >= 0.3 is 0 Å². The third-order valence-electron chi connectivity index (χ3n) is 2.73. The molecular weight excluding hydrogens is 178 g/mol. The van der Waals surface area contributed by atoms with Crippen molar-refractivity contribution in [2.75, 3.05) is 6.54 Å². The molecule has 2 unspecified atom stereocenters. The van der Waals surface area contributed by atoms with E-state index in [0.29, 0.717) is 12.3 Å². The summed E-state index contributed by atoms with van der Waals surface area (Å²) < 4.78 is 0. The first-order valence-corrected chi connectivity index (χ1v) is 5.47. The molecule has 1 fully saturated rings. The predicted octanol–water partition coefficient (Wildman–Crippen LogP) is 1.29. The Morgan fingerprint density at radius 1 is 1.64 bits per heavy atom. The van der Waals surface area contributed by atoms with E-state index in [1.807, 2.05) is 0 Å². The normalized spacial score (nSPS) is 26.5. The van der Waals surface area contributed by atoms with Crippen LogP contribution in [0, 0.1) is 5.92 Å². The van der Waals surface area contributed by atoms with Gasteiger partial charge in [-0.3, -0.25) is 0 Å². The Morgan fingerprint density at radius 2 is 2.43 bits per heavy atom. The molecule has 2 atom stereocenters. The van der Waals surface area contributed by atoms with E-state index in [0.717, 1.165) is 24.9 Å². The molecule has 14 heavy (non-hydrogen) atoms. The maximum atomic E-state index is 8.31. The van der Waals surface area contributed by atoms with E-state index in [1.54, 1.807) is 0 Å². The highest BCUT2D eigenvalue weighted by Gasteiger charge is 2.34. The first-order valence-electron chi connectivity index (χ1n) is 5.47. The lowest BCUT2D eigenvalue weighted by Crippen LogP contribution is -2.21. The van der Waals surface area contributed by atoms with Crippen molar-refractivity contribution in [2.24, 2.45) is 16.8 Å². The molecule has 1 saturated carbocycles. The molecule has 0 amide bonds.